The lowest BCUT2D eigenvalue weighted by atomic mass is 10.1. The van der Waals surface area contributed by atoms with Crippen molar-refractivity contribution in [2.75, 3.05) is 4.90 Å². The third-order valence-corrected chi connectivity index (χ3v) is 5.61. The summed E-state index contributed by atoms with van der Waals surface area (Å²) in [6.07, 6.45) is 0.907. The Morgan fingerprint density at radius 2 is 2.04 bits per heavy atom. The van der Waals surface area contributed by atoms with E-state index in [-0.39, 0.29) is 11.9 Å². The van der Waals surface area contributed by atoms with Gasteiger partial charge in [0.2, 0.25) is 0 Å². The van der Waals surface area contributed by atoms with Gasteiger partial charge in [-0.2, -0.15) is 0 Å². The molecule has 3 aromatic rings. The van der Waals surface area contributed by atoms with Crippen molar-refractivity contribution in [3.05, 3.63) is 58.3 Å². The van der Waals surface area contributed by atoms with Gasteiger partial charge in [-0.1, -0.05) is 23.4 Å². The number of aromatic nitrogens is 1. The van der Waals surface area contributed by atoms with Crippen LogP contribution in [0.5, 0.6) is 0 Å². The Bertz CT molecular complexity index is 906. The third kappa shape index (κ3) is 2.27. The Morgan fingerprint density at radius 1 is 1.25 bits per heavy atom. The molecule has 24 heavy (non-hydrogen) atoms. The van der Waals surface area contributed by atoms with Crippen molar-refractivity contribution in [3.8, 4) is 10.4 Å². The van der Waals surface area contributed by atoms with Crippen LogP contribution in [0.4, 0.5) is 5.69 Å². The van der Waals surface area contributed by atoms with E-state index in [0.29, 0.717) is 0 Å². The number of fused-ring (bicyclic) bond motifs is 1. The first kappa shape index (κ1) is 15.1. The number of anilines is 1. The highest BCUT2D eigenvalue weighted by Gasteiger charge is 2.32. The number of hydrogen-bond acceptors (Lipinski definition) is 4. The maximum atomic E-state index is 13.1. The molecule has 0 bridgehead atoms. The predicted molar refractivity (Wildman–Crippen MR) is 95.7 cm³/mol. The molecule has 1 unspecified atom stereocenters. The predicted octanol–water partition coefficient (Wildman–Crippen LogP) is 4.61. The molecule has 4 nitrogen and oxygen atoms in total. The van der Waals surface area contributed by atoms with E-state index in [2.05, 4.69) is 18.1 Å². The Labute approximate surface area is 144 Å². The summed E-state index contributed by atoms with van der Waals surface area (Å²) in [7, 11) is 0. The average molecular weight is 338 g/mol. The number of carbonyl (C=O) groups excluding carboxylic acids is 1. The second-order valence-electron chi connectivity index (χ2n) is 6.22. The Kier molecular flexibility index (Phi) is 3.53. The van der Waals surface area contributed by atoms with Gasteiger partial charge in [0.15, 0.2) is 0 Å². The first-order valence-corrected chi connectivity index (χ1v) is 8.82. The number of aryl methyl sites for hydroxylation is 2. The first-order valence-electron chi connectivity index (χ1n) is 8.01. The number of hydrogen-bond donors (Lipinski definition) is 0. The summed E-state index contributed by atoms with van der Waals surface area (Å²) in [5.74, 6) is 0.851. The molecular formula is C19H18N2O2S. The van der Waals surface area contributed by atoms with Crippen LogP contribution >= 0.6 is 11.3 Å². The molecule has 0 aliphatic carbocycles. The van der Waals surface area contributed by atoms with E-state index in [1.54, 1.807) is 0 Å². The lowest BCUT2D eigenvalue weighted by Crippen LogP contribution is -2.35. The molecule has 0 saturated heterocycles. The summed E-state index contributed by atoms with van der Waals surface area (Å²) in [5, 5.41) is 4.00. The van der Waals surface area contributed by atoms with Gasteiger partial charge in [-0.3, -0.25) is 4.79 Å². The van der Waals surface area contributed by atoms with Crippen LogP contribution in [0.2, 0.25) is 0 Å². The summed E-state index contributed by atoms with van der Waals surface area (Å²) in [5.41, 5.74) is 4.12. The standard InChI is InChI=1S/C19H18N2O2S/c1-11-10-14-6-4-5-7-15(14)21(11)19(22)17-9-8-16(24-17)18-12(2)20-23-13(18)3/h4-9,11H,10H2,1-3H3. The van der Waals surface area contributed by atoms with Crippen molar-refractivity contribution in [2.24, 2.45) is 0 Å². The molecule has 0 spiro atoms. The van der Waals surface area contributed by atoms with Crippen LogP contribution in [-0.4, -0.2) is 17.1 Å². The molecule has 0 N–H and O–H groups in total. The third-order valence-electron chi connectivity index (χ3n) is 4.52. The van der Waals surface area contributed by atoms with Crippen LogP contribution in [0.3, 0.4) is 0 Å². The van der Waals surface area contributed by atoms with Crippen molar-refractivity contribution >= 4 is 22.9 Å². The van der Waals surface area contributed by atoms with E-state index in [1.807, 2.05) is 49.1 Å². The van der Waals surface area contributed by atoms with Crippen molar-refractivity contribution in [1.82, 2.24) is 5.16 Å². The first-order chi connectivity index (χ1) is 11.6. The molecule has 122 valence electrons. The molecule has 2 aromatic heterocycles. The fourth-order valence-electron chi connectivity index (χ4n) is 3.42. The van der Waals surface area contributed by atoms with Crippen molar-refractivity contribution < 1.29 is 9.32 Å². The summed E-state index contributed by atoms with van der Waals surface area (Å²) in [6, 6.07) is 12.2. The largest absolute Gasteiger partial charge is 0.361 e. The molecule has 3 heterocycles. The number of carbonyl (C=O) groups is 1. The molecule has 1 aliphatic rings. The van der Waals surface area contributed by atoms with Crippen LogP contribution in [0.1, 0.15) is 33.6 Å². The molecule has 0 radical (unpaired) electrons. The van der Waals surface area contributed by atoms with Gasteiger partial charge in [0, 0.05) is 16.6 Å². The molecule has 5 heteroatoms. The number of para-hydroxylation sites is 1. The molecule has 4 rings (SSSR count). The van der Waals surface area contributed by atoms with Gasteiger partial charge in [-0.05, 0) is 51.0 Å². The van der Waals surface area contributed by atoms with E-state index in [4.69, 9.17) is 4.52 Å². The van der Waals surface area contributed by atoms with E-state index >= 15 is 0 Å². The monoisotopic (exact) mass is 338 g/mol. The highest BCUT2D eigenvalue weighted by atomic mass is 32.1. The summed E-state index contributed by atoms with van der Waals surface area (Å²) >= 11 is 1.50. The van der Waals surface area contributed by atoms with Crippen molar-refractivity contribution in [1.29, 1.82) is 0 Å². The van der Waals surface area contributed by atoms with Gasteiger partial charge in [0.05, 0.1) is 16.1 Å². The van der Waals surface area contributed by atoms with Crippen LogP contribution in [0.25, 0.3) is 10.4 Å². The van der Waals surface area contributed by atoms with Crippen LogP contribution < -0.4 is 4.90 Å². The Morgan fingerprint density at radius 3 is 2.79 bits per heavy atom. The van der Waals surface area contributed by atoms with E-state index in [9.17, 15) is 4.79 Å². The Balaban J connectivity index is 1.69. The van der Waals surface area contributed by atoms with Crippen molar-refractivity contribution in [2.45, 2.75) is 33.2 Å². The molecule has 0 fully saturated rings. The second-order valence-corrected chi connectivity index (χ2v) is 7.30. The van der Waals surface area contributed by atoms with Gasteiger partial charge in [0.1, 0.15) is 5.76 Å². The fraction of sp³-hybridized carbons (Fsp3) is 0.263. The summed E-state index contributed by atoms with van der Waals surface area (Å²) in [4.78, 5) is 16.8. The van der Waals surface area contributed by atoms with Gasteiger partial charge < -0.3 is 9.42 Å². The molecule has 0 saturated carbocycles. The minimum Gasteiger partial charge on any atom is -0.361 e. The Hall–Kier alpha value is -2.40. The highest BCUT2D eigenvalue weighted by molar-refractivity contribution is 7.17. The topological polar surface area (TPSA) is 46.3 Å². The highest BCUT2D eigenvalue weighted by Crippen LogP contribution is 2.37. The molecular weight excluding hydrogens is 320 g/mol. The van der Waals surface area contributed by atoms with Gasteiger partial charge in [0.25, 0.3) is 5.91 Å². The van der Waals surface area contributed by atoms with Crippen LogP contribution in [0, 0.1) is 13.8 Å². The zero-order valence-corrected chi connectivity index (χ0v) is 14.7. The van der Waals surface area contributed by atoms with Gasteiger partial charge in [-0.15, -0.1) is 11.3 Å². The molecule has 1 aliphatic heterocycles. The van der Waals surface area contributed by atoms with Crippen LogP contribution in [-0.2, 0) is 6.42 Å². The van der Waals surface area contributed by atoms with E-state index in [1.165, 1.54) is 16.9 Å². The number of thiophene rings is 1. The van der Waals surface area contributed by atoms with Gasteiger partial charge in [-0.25, -0.2) is 0 Å². The summed E-state index contributed by atoms with van der Waals surface area (Å²) in [6.45, 7) is 5.92. The molecule has 1 aromatic carbocycles. The SMILES string of the molecule is Cc1noc(C)c1-c1ccc(C(=O)N2c3ccccc3CC2C)s1. The lowest BCUT2D eigenvalue weighted by molar-refractivity contribution is 0.0985. The fourth-order valence-corrected chi connectivity index (χ4v) is 4.50. The van der Waals surface area contributed by atoms with Gasteiger partial charge >= 0.3 is 0 Å². The average Bonchev–Trinajstić information content (AvgIpc) is 3.24. The second kappa shape index (κ2) is 5.60. The minimum absolute atomic E-state index is 0.0652. The normalized spacial score (nSPS) is 16.5. The number of nitrogens with zero attached hydrogens (tertiary/aromatic N) is 2. The zero-order valence-electron chi connectivity index (χ0n) is 13.9. The summed E-state index contributed by atoms with van der Waals surface area (Å²) < 4.78 is 5.24. The smallest absolute Gasteiger partial charge is 0.268 e. The van der Waals surface area contributed by atoms with Crippen LogP contribution in [0.15, 0.2) is 40.9 Å². The lowest BCUT2D eigenvalue weighted by Gasteiger charge is -2.21. The number of rotatable bonds is 2. The van der Waals surface area contributed by atoms with E-state index in [0.717, 1.165) is 38.9 Å². The molecule has 1 amide bonds. The quantitative estimate of drug-likeness (QED) is 0.685. The maximum absolute atomic E-state index is 13.1. The number of benzene rings is 1. The molecule has 1 atom stereocenters. The minimum atomic E-state index is 0.0652. The maximum Gasteiger partial charge on any atom is 0.268 e. The van der Waals surface area contributed by atoms with Crippen molar-refractivity contribution in [3.63, 3.8) is 0 Å². The number of amides is 1. The van der Waals surface area contributed by atoms with E-state index < -0.39 is 0 Å². The zero-order chi connectivity index (χ0) is 16.8.